The smallest absolute Gasteiger partial charge is 0.251 e. The minimum Gasteiger partial charge on any atom is -0.394 e. The predicted octanol–water partition coefficient (Wildman–Crippen LogP) is 2.64. The lowest BCUT2D eigenvalue weighted by atomic mass is 10.0. The largest absolute Gasteiger partial charge is 0.394 e. The molecule has 21 heavy (non-hydrogen) atoms. The van der Waals surface area contributed by atoms with Gasteiger partial charge in [0.1, 0.15) is 0 Å². The first-order valence-electron chi connectivity index (χ1n) is 7.13. The Bertz CT molecular complexity index is 608. The van der Waals surface area contributed by atoms with Crippen LogP contribution < -0.4 is 5.32 Å². The number of benzene rings is 2. The topological polar surface area (TPSA) is 49.3 Å². The van der Waals surface area contributed by atoms with Gasteiger partial charge >= 0.3 is 0 Å². The number of rotatable bonds is 5. The van der Waals surface area contributed by atoms with Gasteiger partial charge in [-0.2, -0.15) is 0 Å². The molecule has 3 nitrogen and oxygen atoms in total. The van der Waals surface area contributed by atoms with Crippen molar-refractivity contribution in [1.29, 1.82) is 0 Å². The lowest BCUT2D eigenvalue weighted by Crippen LogP contribution is -2.39. The molecule has 110 valence electrons. The summed E-state index contributed by atoms with van der Waals surface area (Å²) < 4.78 is 0. The van der Waals surface area contributed by atoms with E-state index < -0.39 is 0 Å². The summed E-state index contributed by atoms with van der Waals surface area (Å²) in [7, 11) is 0. The maximum Gasteiger partial charge on any atom is 0.251 e. The second-order valence-electron chi connectivity index (χ2n) is 5.36. The van der Waals surface area contributed by atoms with Crippen molar-refractivity contribution in [2.45, 2.75) is 26.3 Å². The van der Waals surface area contributed by atoms with E-state index in [0.29, 0.717) is 12.0 Å². The Kier molecular flexibility index (Phi) is 5.12. The summed E-state index contributed by atoms with van der Waals surface area (Å²) in [5.41, 5.74) is 3.83. The molecule has 3 heteroatoms. The van der Waals surface area contributed by atoms with Gasteiger partial charge in [0.15, 0.2) is 0 Å². The highest BCUT2D eigenvalue weighted by molar-refractivity contribution is 5.95. The van der Waals surface area contributed by atoms with Crippen LogP contribution >= 0.6 is 0 Å². The molecule has 0 radical (unpaired) electrons. The van der Waals surface area contributed by atoms with Crippen molar-refractivity contribution in [2.24, 2.45) is 0 Å². The van der Waals surface area contributed by atoms with Crippen LogP contribution in [0, 0.1) is 13.8 Å². The van der Waals surface area contributed by atoms with Crippen LogP contribution in [-0.2, 0) is 6.42 Å². The molecule has 0 aromatic heterocycles. The van der Waals surface area contributed by atoms with Gasteiger partial charge in [0.2, 0.25) is 0 Å². The molecule has 0 fully saturated rings. The van der Waals surface area contributed by atoms with Crippen molar-refractivity contribution in [1.82, 2.24) is 5.32 Å². The Hall–Kier alpha value is -2.13. The van der Waals surface area contributed by atoms with Gasteiger partial charge in [-0.3, -0.25) is 4.79 Å². The summed E-state index contributed by atoms with van der Waals surface area (Å²) in [4.78, 5) is 12.3. The maximum atomic E-state index is 12.3. The molecule has 0 saturated heterocycles. The van der Waals surface area contributed by atoms with E-state index >= 15 is 0 Å². The fraction of sp³-hybridized carbons (Fsp3) is 0.278. The number of amides is 1. The molecule has 0 saturated carbocycles. The van der Waals surface area contributed by atoms with E-state index in [-0.39, 0.29) is 18.6 Å². The molecular formula is C18H21NO2. The molecule has 2 rings (SSSR count). The summed E-state index contributed by atoms with van der Waals surface area (Å²) in [6.45, 7) is 3.85. The van der Waals surface area contributed by atoms with E-state index in [1.807, 2.05) is 62.4 Å². The summed E-state index contributed by atoms with van der Waals surface area (Å²) in [5, 5.41) is 12.4. The zero-order valence-electron chi connectivity index (χ0n) is 12.5. The number of nitrogens with one attached hydrogen (secondary N) is 1. The molecule has 0 spiro atoms. The number of aryl methyl sites for hydroxylation is 2. The van der Waals surface area contributed by atoms with E-state index in [4.69, 9.17) is 0 Å². The van der Waals surface area contributed by atoms with E-state index in [1.54, 1.807) is 0 Å². The molecule has 2 aromatic rings. The molecule has 0 bridgehead atoms. The second-order valence-corrected chi connectivity index (χ2v) is 5.36. The van der Waals surface area contributed by atoms with Crippen LogP contribution in [0.2, 0.25) is 0 Å². The third-order valence-electron chi connectivity index (χ3n) is 3.51. The van der Waals surface area contributed by atoms with Gasteiger partial charge in [0.05, 0.1) is 12.6 Å². The molecular weight excluding hydrogens is 262 g/mol. The number of aliphatic hydroxyl groups is 1. The lowest BCUT2D eigenvalue weighted by molar-refractivity contribution is 0.0916. The Labute approximate surface area is 125 Å². The predicted molar refractivity (Wildman–Crippen MR) is 84.4 cm³/mol. The summed E-state index contributed by atoms with van der Waals surface area (Å²) in [5.74, 6) is -0.137. The van der Waals surface area contributed by atoms with Crippen LogP contribution in [0.15, 0.2) is 48.5 Å². The highest BCUT2D eigenvalue weighted by atomic mass is 16.3. The second kappa shape index (κ2) is 7.04. The molecule has 2 N–H and O–H groups in total. The number of carbonyl (C=O) groups is 1. The molecule has 0 heterocycles. The Morgan fingerprint density at radius 1 is 1.14 bits per heavy atom. The first kappa shape index (κ1) is 15.3. The van der Waals surface area contributed by atoms with E-state index in [1.165, 1.54) is 0 Å². The highest BCUT2D eigenvalue weighted by Crippen LogP contribution is 2.11. The van der Waals surface area contributed by atoms with Crippen LogP contribution in [0.3, 0.4) is 0 Å². The Morgan fingerprint density at radius 3 is 2.48 bits per heavy atom. The van der Waals surface area contributed by atoms with Crippen LogP contribution in [0.25, 0.3) is 0 Å². The Balaban J connectivity index is 2.06. The third-order valence-corrected chi connectivity index (χ3v) is 3.51. The average Bonchev–Trinajstić information content (AvgIpc) is 2.47. The Morgan fingerprint density at radius 2 is 1.86 bits per heavy atom. The highest BCUT2D eigenvalue weighted by Gasteiger charge is 2.15. The van der Waals surface area contributed by atoms with Gasteiger partial charge in [0, 0.05) is 5.56 Å². The molecule has 0 aliphatic heterocycles. The van der Waals surface area contributed by atoms with Crippen molar-refractivity contribution >= 4 is 5.91 Å². The molecule has 0 aliphatic carbocycles. The normalized spacial score (nSPS) is 12.0. The molecule has 1 atom stereocenters. The first-order valence-corrected chi connectivity index (χ1v) is 7.13. The SMILES string of the molecule is Cc1ccc(C(=O)N[C@H](CO)Cc2ccccc2)c(C)c1. The zero-order chi connectivity index (χ0) is 15.2. The standard InChI is InChI=1S/C18H21NO2/c1-13-8-9-17(14(2)10-13)18(21)19-16(12-20)11-15-6-4-3-5-7-15/h3-10,16,20H,11-12H2,1-2H3,(H,19,21)/t16-/m0/s1. The minimum absolute atomic E-state index is 0.0778. The number of carbonyl (C=O) groups excluding carboxylic acids is 1. The monoisotopic (exact) mass is 283 g/mol. The first-order chi connectivity index (χ1) is 10.1. The van der Waals surface area contributed by atoms with Crippen molar-refractivity contribution in [3.8, 4) is 0 Å². The van der Waals surface area contributed by atoms with E-state index in [0.717, 1.165) is 16.7 Å². The molecule has 1 amide bonds. The number of aliphatic hydroxyl groups excluding tert-OH is 1. The zero-order valence-corrected chi connectivity index (χ0v) is 12.5. The van der Waals surface area contributed by atoms with Gasteiger partial charge in [0.25, 0.3) is 5.91 Å². The minimum atomic E-state index is -0.277. The van der Waals surface area contributed by atoms with Crippen molar-refractivity contribution < 1.29 is 9.90 Å². The van der Waals surface area contributed by atoms with Crippen molar-refractivity contribution in [3.63, 3.8) is 0 Å². The van der Waals surface area contributed by atoms with Crippen molar-refractivity contribution in [2.75, 3.05) is 6.61 Å². The third kappa shape index (κ3) is 4.17. The summed E-state index contributed by atoms with van der Waals surface area (Å²) in [6.07, 6.45) is 0.619. The molecule has 0 aliphatic rings. The molecule has 0 unspecified atom stereocenters. The molecule has 2 aromatic carbocycles. The summed E-state index contributed by atoms with van der Waals surface area (Å²) >= 11 is 0. The van der Waals surface area contributed by atoms with Gasteiger partial charge in [-0.25, -0.2) is 0 Å². The fourth-order valence-electron chi connectivity index (χ4n) is 2.39. The lowest BCUT2D eigenvalue weighted by Gasteiger charge is -2.17. The van der Waals surface area contributed by atoms with Gasteiger partial charge in [-0.05, 0) is 37.5 Å². The van der Waals surface area contributed by atoms with Gasteiger partial charge in [-0.15, -0.1) is 0 Å². The number of hydrogen-bond donors (Lipinski definition) is 2. The van der Waals surface area contributed by atoms with Crippen LogP contribution in [0.5, 0.6) is 0 Å². The van der Waals surface area contributed by atoms with Crippen LogP contribution in [0.4, 0.5) is 0 Å². The fourth-order valence-corrected chi connectivity index (χ4v) is 2.39. The van der Waals surface area contributed by atoms with Gasteiger partial charge in [-0.1, -0.05) is 48.0 Å². The van der Waals surface area contributed by atoms with Gasteiger partial charge < -0.3 is 10.4 Å². The number of hydrogen-bond acceptors (Lipinski definition) is 2. The maximum absolute atomic E-state index is 12.3. The van der Waals surface area contributed by atoms with E-state index in [2.05, 4.69) is 5.32 Å². The van der Waals surface area contributed by atoms with E-state index in [9.17, 15) is 9.90 Å². The quantitative estimate of drug-likeness (QED) is 0.886. The van der Waals surface area contributed by atoms with Crippen molar-refractivity contribution in [3.05, 3.63) is 70.8 Å². The van der Waals surface area contributed by atoms with Crippen LogP contribution in [0.1, 0.15) is 27.0 Å². The summed E-state index contributed by atoms with van der Waals surface area (Å²) in [6, 6.07) is 15.3. The van der Waals surface area contributed by atoms with Crippen LogP contribution in [-0.4, -0.2) is 23.7 Å². The average molecular weight is 283 g/mol.